The Hall–Kier alpha value is -2.73. The number of hydrogen-bond acceptors (Lipinski definition) is 3. The first-order chi connectivity index (χ1) is 10.7. The molecule has 0 heterocycles. The van der Waals surface area contributed by atoms with Crippen molar-refractivity contribution in [2.75, 3.05) is 7.05 Å². The van der Waals surface area contributed by atoms with Crippen LogP contribution in [-0.2, 0) is 4.79 Å². The molecule has 22 heavy (non-hydrogen) atoms. The minimum absolute atomic E-state index is 0.143. The maximum Gasteiger partial charge on any atom is 0.153 e. The number of carbonyl (C=O) groups is 1. The Kier molecular flexibility index (Phi) is 3.84. The molecule has 1 saturated carbocycles. The topological polar surface area (TPSA) is 53.2 Å². The predicted molar refractivity (Wildman–Crippen MR) is 86.1 cm³/mol. The number of Topliss-reactive ketones (excluding diaryl/α,β-unsaturated/α-hetero) is 1. The van der Waals surface area contributed by atoms with E-state index in [9.17, 15) is 4.79 Å². The summed E-state index contributed by atoms with van der Waals surface area (Å²) in [5.41, 5.74) is 3.37. The molecule has 0 bridgehead atoms. The van der Waals surface area contributed by atoms with Crippen molar-refractivity contribution < 1.29 is 4.79 Å². The van der Waals surface area contributed by atoms with Gasteiger partial charge in [-0.3, -0.25) is 9.79 Å². The van der Waals surface area contributed by atoms with Crippen molar-refractivity contribution in [2.24, 2.45) is 4.99 Å². The molecule has 0 N–H and O–H groups in total. The number of benzene rings is 2. The van der Waals surface area contributed by atoms with E-state index in [1.165, 1.54) is 0 Å². The zero-order chi connectivity index (χ0) is 15.5. The molecule has 0 saturated heterocycles. The Morgan fingerprint density at radius 1 is 1.09 bits per heavy atom. The third kappa shape index (κ3) is 2.44. The molecule has 3 heteroatoms. The second-order valence-corrected chi connectivity index (χ2v) is 5.45. The second kappa shape index (κ2) is 5.95. The van der Waals surface area contributed by atoms with Crippen molar-refractivity contribution in [1.82, 2.24) is 0 Å². The van der Waals surface area contributed by atoms with Gasteiger partial charge in [-0.25, -0.2) is 0 Å². The number of rotatable bonds is 2. The van der Waals surface area contributed by atoms with E-state index in [-0.39, 0.29) is 17.6 Å². The summed E-state index contributed by atoms with van der Waals surface area (Å²) in [4.78, 5) is 17.3. The van der Waals surface area contributed by atoms with Crippen LogP contribution in [-0.4, -0.2) is 18.5 Å². The normalized spacial score (nSPS) is 22.7. The maximum absolute atomic E-state index is 12.9. The quantitative estimate of drug-likeness (QED) is 0.849. The number of ketones is 1. The van der Waals surface area contributed by atoms with Crippen LogP contribution in [0.1, 0.15) is 34.9 Å². The molecular formula is C19H16N2O. The zero-order valence-electron chi connectivity index (χ0n) is 12.4. The van der Waals surface area contributed by atoms with Crippen molar-refractivity contribution in [3.63, 3.8) is 0 Å². The highest BCUT2D eigenvalue weighted by Gasteiger charge is 2.40. The highest BCUT2D eigenvalue weighted by Crippen LogP contribution is 2.39. The molecular weight excluding hydrogens is 272 g/mol. The average Bonchev–Trinajstić information content (AvgIpc) is 2.92. The van der Waals surface area contributed by atoms with E-state index in [0.717, 1.165) is 16.8 Å². The summed E-state index contributed by atoms with van der Waals surface area (Å²) < 4.78 is 0. The maximum atomic E-state index is 12.9. The summed E-state index contributed by atoms with van der Waals surface area (Å²) in [6.07, 6.45) is 0.654. The Bertz CT molecular complexity index is 772. The van der Waals surface area contributed by atoms with Gasteiger partial charge in [0.25, 0.3) is 0 Å². The largest absolute Gasteiger partial charge is 0.298 e. The van der Waals surface area contributed by atoms with Gasteiger partial charge in [0.15, 0.2) is 5.78 Å². The van der Waals surface area contributed by atoms with Crippen LogP contribution in [0, 0.1) is 11.3 Å². The van der Waals surface area contributed by atoms with Gasteiger partial charge in [0, 0.05) is 25.1 Å². The summed E-state index contributed by atoms with van der Waals surface area (Å²) in [5, 5.41) is 9.06. The summed E-state index contributed by atoms with van der Waals surface area (Å²) >= 11 is 0. The van der Waals surface area contributed by atoms with E-state index >= 15 is 0 Å². The molecule has 3 rings (SSSR count). The summed E-state index contributed by atoms with van der Waals surface area (Å²) in [7, 11) is 1.73. The molecule has 1 fully saturated rings. The van der Waals surface area contributed by atoms with Gasteiger partial charge in [0.2, 0.25) is 0 Å². The lowest BCUT2D eigenvalue weighted by Crippen LogP contribution is -2.14. The Balaban J connectivity index is 2.01. The molecule has 0 amide bonds. The molecule has 3 nitrogen and oxygen atoms in total. The number of hydrogen-bond donors (Lipinski definition) is 0. The monoisotopic (exact) mass is 288 g/mol. The predicted octanol–water partition coefficient (Wildman–Crippen LogP) is 3.47. The molecule has 0 radical (unpaired) electrons. The van der Waals surface area contributed by atoms with Crippen LogP contribution in [0.4, 0.5) is 0 Å². The summed E-state index contributed by atoms with van der Waals surface area (Å²) in [6, 6.07) is 19.2. The fraction of sp³-hybridized carbons (Fsp3) is 0.211. The van der Waals surface area contributed by atoms with Crippen molar-refractivity contribution in [3.8, 4) is 6.07 Å². The van der Waals surface area contributed by atoms with Crippen LogP contribution in [0.2, 0.25) is 0 Å². The molecule has 0 aliphatic heterocycles. The Labute approximate surface area is 129 Å². The lowest BCUT2D eigenvalue weighted by atomic mass is 9.91. The van der Waals surface area contributed by atoms with Gasteiger partial charge >= 0.3 is 0 Å². The fourth-order valence-corrected chi connectivity index (χ4v) is 3.13. The molecule has 2 aromatic carbocycles. The summed E-state index contributed by atoms with van der Waals surface area (Å²) in [5.74, 6) is -0.305. The van der Waals surface area contributed by atoms with Gasteiger partial charge in [-0.05, 0) is 23.3 Å². The van der Waals surface area contributed by atoms with Crippen LogP contribution in [0.15, 0.2) is 59.6 Å². The van der Waals surface area contributed by atoms with Gasteiger partial charge in [-0.15, -0.1) is 0 Å². The average molecular weight is 288 g/mol. The van der Waals surface area contributed by atoms with Crippen molar-refractivity contribution in [3.05, 3.63) is 71.3 Å². The molecule has 2 unspecified atom stereocenters. The first-order valence-corrected chi connectivity index (χ1v) is 7.29. The SMILES string of the molecule is CN=C1CC(c2ccccc2)C(=O)C1c1cccc(C#N)c1. The molecule has 2 atom stereocenters. The van der Waals surface area contributed by atoms with Gasteiger partial charge in [-0.2, -0.15) is 5.26 Å². The van der Waals surface area contributed by atoms with Crippen molar-refractivity contribution >= 4 is 11.5 Å². The van der Waals surface area contributed by atoms with Crippen LogP contribution in [0.5, 0.6) is 0 Å². The molecule has 0 spiro atoms. The van der Waals surface area contributed by atoms with Crippen LogP contribution in [0.3, 0.4) is 0 Å². The van der Waals surface area contributed by atoms with E-state index in [1.54, 1.807) is 19.2 Å². The molecule has 108 valence electrons. The van der Waals surface area contributed by atoms with Gasteiger partial charge in [0.1, 0.15) is 0 Å². The fourth-order valence-electron chi connectivity index (χ4n) is 3.13. The van der Waals surface area contributed by atoms with Crippen molar-refractivity contribution in [1.29, 1.82) is 5.26 Å². The van der Waals surface area contributed by atoms with Crippen LogP contribution >= 0.6 is 0 Å². The third-order valence-electron chi connectivity index (χ3n) is 4.21. The standard InChI is InChI=1S/C19H16N2O/c1-21-17-11-16(14-7-3-2-4-8-14)19(22)18(17)15-9-5-6-13(10-15)12-20/h2-10,16,18H,11H2,1H3. The van der Waals surface area contributed by atoms with E-state index in [2.05, 4.69) is 11.1 Å². The molecule has 0 aromatic heterocycles. The number of carbonyl (C=O) groups excluding carboxylic acids is 1. The first kappa shape index (κ1) is 14.2. The van der Waals surface area contributed by atoms with Gasteiger partial charge in [0.05, 0.1) is 17.6 Å². The van der Waals surface area contributed by atoms with E-state index in [1.807, 2.05) is 42.5 Å². The van der Waals surface area contributed by atoms with E-state index < -0.39 is 0 Å². The smallest absolute Gasteiger partial charge is 0.153 e. The van der Waals surface area contributed by atoms with Gasteiger partial charge < -0.3 is 0 Å². The van der Waals surface area contributed by atoms with Gasteiger partial charge in [-0.1, -0.05) is 42.5 Å². The number of aliphatic imine (C=N–C) groups is 1. The molecule has 1 aliphatic rings. The highest BCUT2D eigenvalue weighted by atomic mass is 16.1. The lowest BCUT2D eigenvalue weighted by Gasteiger charge is -2.11. The minimum Gasteiger partial charge on any atom is -0.298 e. The Morgan fingerprint density at radius 2 is 1.82 bits per heavy atom. The third-order valence-corrected chi connectivity index (χ3v) is 4.21. The zero-order valence-corrected chi connectivity index (χ0v) is 12.4. The molecule has 1 aliphatic carbocycles. The lowest BCUT2D eigenvalue weighted by molar-refractivity contribution is -0.119. The summed E-state index contributed by atoms with van der Waals surface area (Å²) in [6.45, 7) is 0. The number of nitrogens with zero attached hydrogens (tertiary/aromatic N) is 2. The van der Waals surface area contributed by atoms with Crippen molar-refractivity contribution in [2.45, 2.75) is 18.3 Å². The van der Waals surface area contributed by atoms with Crippen LogP contribution in [0.25, 0.3) is 0 Å². The van der Waals surface area contributed by atoms with E-state index in [4.69, 9.17) is 5.26 Å². The first-order valence-electron chi connectivity index (χ1n) is 7.29. The van der Waals surface area contributed by atoms with Crippen LogP contribution < -0.4 is 0 Å². The minimum atomic E-state index is -0.330. The Morgan fingerprint density at radius 3 is 2.50 bits per heavy atom. The highest BCUT2D eigenvalue weighted by molar-refractivity contribution is 6.18. The molecule has 2 aromatic rings. The second-order valence-electron chi connectivity index (χ2n) is 5.45. The van der Waals surface area contributed by atoms with E-state index in [0.29, 0.717) is 12.0 Å². The number of nitriles is 1.